The number of primary amides is 1. The molecule has 11 heteroatoms. The zero-order chi connectivity index (χ0) is 26.9. The van der Waals surface area contributed by atoms with Crippen LogP contribution in [0.2, 0.25) is 0 Å². The number of anilines is 2. The van der Waals surface area contributed by atoms with Crippen molar-refractivity contribution in [3.05, 3.63) is 60.2 Å². The van der Waals surface area contributed by atoms with Gasteiger partial charge in [-0.2, -0.15) is 0 Å². The van der Waals surface area contributed by atoms with Crippen LogP contribution in [0.25, 0.3) is 0 Å². The Morgan fingerprint density at radius 3 is 2.29 bits per heavy atom. The molecule has 5 amide bonds. The van der Waals surface area contributed by atoms with Crippen molar-refractivity contribution < 1.29 is 19.2 Å². The number of amides is 5. The van der Waals surface area contributed by atoms with Crippen molar-refractivity contribution in [2.75, 3.05) is 36.8 Å². The molecular weight excluding hydrogens is 486 g/mol. The van der Waals surface area contributed by atoms with Gasteiger partial charge in [-0.1, -0.05) is 24.3 Å². The second-order valence-corrected chi connectivity index (χ2v) is 9.35. The Hall–Kier alpha value is -4.41. The number of likely N-dealkylation sites (tertiary alicyclic amines) is 2. The molecule has 2 heterocycles. The molecule has 2 aliphatic rings. The summed E-state index contributed by atoms with van der Waals surface area (Å²) in [7, 11) is 0. The van der Waals surface area contributed by atoms with Gasteiger partial charge in [0, 0.05) is 36.6 Å². The molecule has 0 aromatic heterocycles. The van der Waals surface area contributed by atoms with Crippen molar-refractivity contribution in [1.82, 2.24) is 15.1 Å². The minimum Gasteiger partial charge on any atom is -0.351 e. The van der Waals surface area contributed by atoms with E-state index in [0.29, 0.717) is 29.9 Å². The minimum atomic E-state index is -0.769. The third-order valence-corrected chi connectivity index (χ3v) is 6.48. The van der Waals surface area contributed by atoms with Crippen LogP contribution in [0.15, 0.2) is 59.6 Å². The van der Waals surface area contributed by atoms with Gasteiger partial charge in [0.25, 0.3) is 5.91 Å². The summed E-state index contributed by atoms with van der Waals surface area (Å²) in [5.74, 6) is -0.603. The third-order valence-electron chi connectivity index (χ3n) is 6.48. The van der Waals surface area contributed by atoms with E-state index >= 15 is 0 Å². The van der Waals surface area contributed by atoms with E-state index in [4.69, 9.17) is 5.73 Å². The standard InChI is InChI=1S/C27H33N7O4/c28-26(38)29-20-11-8-12-21(17-20)30-27(32-24(36)19-9-2-1-3-10-19)31-22-13-4-5-16-34(25(22)37)18-23(35)33-14-6-7-15-33/h1-3,8-12,17,22H,4-7,13-16,18H2,(H3,28,29,38)(H2,30,31,32,36). The highest BCUT2D eigenvalue weighted by molar-refractivity contribution is 6.10. The highest BCUT2D eigenvalue weighted by atomic mass is 16.2. The molecule has 1 unspecified atom stereocenters. The molecule has 2 aliphatic heterocycles. The van der Waals surface area contributed by atoms with E-state index in [1.54, 1.807) is 58.3 Å². The molecule has 0 saturated carbocycles. The lowest BCUT2D eigenvalue weighted by Crippen LogP contribution is -2.45. The van der Waals surface area contributed by atoms with Crippen molar-refractivity contribution >= 4 is 41.1 Å². The average Bonchev–Trinajstić information content (AvgIpc) is 3.39. The van der Waals surface area contributed by atoms with Crippen LogP contribution in [0.3, 0.4) is 0 Å². The van der Waals surface area contributed by atoms with Gasteiger partial charge in [-0.25, -0.2) is 9.79 Å². The number of guanidine groups is 1. The van der Waals surface area contributed by atoms with Crippen molar-refractivity contribution in [2.45, 2.75) is 38.1 Å². The first-order valence-corrected chi connectivity index (χ1v) is 12.8. The minimum absolute atomic E-state index is 0.0326. The highest BCUT2D eigenvalue weighted by Gasteiger charge is 2.30. The van der Waals surface area contributed by atoms with Gasteiger partial charge in [-0.3, -0.25) is 19.7 Å². The first-order valence-electron chi connectivity index (χ1n) is 12.8. The predicted molar refractivity (Wildman–Crippen MR) is 145 cm³/mol. The molecular formula is C27H33N7O4. The lowest BCUT2D eigenvalue weighted by molar-refractivity contribution is -0.140. The quantitative estimate of drug-likeness (QED) is 0.341. The van der Waals surface area contributed by atoms with Crippen LogP contribution in [0.5, 0.6) is 0 Å². The Bertz CT molecular complexity index is 1190. The van der Waals surface area contributed by atoms with Gasteiger partial charge < -0.3 is 26.2 Å². The fourth-order valence-electron chi connectivity index (χ4n) is 4.57. The van der Waals surface area contributed by atoms with E-state index in [-0.39, 0.29) is 24.3 Å². The van der Waals surface area contributed by atoms with Crippen LogP contribution >= 0.6 is 0 Å². The second-order valence-electron chi connectivity index (χ2n) is 9.35. The highest BCUT2D eigenvalue weighted by Crippen LogP contribution is 2.18. The summed E-state index contributed by atoms with van der Waals surface area (Å²) in [4.78, 5) is 58.4. The number of rotatable bonds is 6. The Labute approximate surface area is 221 Å². The molecule has 200 valence electrons. The summed E-state index contributed by atoms with van der Waals surface area (Å²) in [6.45, 7) is 1.98. The number of carbonyl (C=O) groups excluding carboxylic acids is 4. The number of urea groups is 1. The van der Waals surface area contributed by atoms with Gasteiger partial charge in [0.05, 0.1) is 6.54 Å². The lowest BCUT2D eigenvalue weighted by Gasteiger charge is -2.25. The maximum absolute atomic E-state index is 13.5. The first-order chi connectivity index (χ1) is 18.4. The molecule has 2 saturated heterocycles. The van der Waals surface area contributed by atoms with Gasteiger partial charge in [0.1, 0.15) is 6.04 Å². The Balaban J connectivity index is 1.56. The Morgan fingerprint density at radius 1 is 0.895 bits per heavy atom. The third kappa shape index (κ3) is 7.31. The number of nitrogens with one attached hydrogen (secondary N) is 3. The Morgan fingerprint density at radius 2 is 1.58 bits per heavy atom. The number of carbonyl (C=O) groups is 4. The molecule has 0 aliphatic carbocycles. The molecule has 2 aromatic carbocycles. The molecule has 2 fully saturated rings. The van der Waals surface area contributed by atoms with Crippen LogP contribution in [-0.4, -0.2) is 71.7 Å². The van der Waals surface area contributed by atoms with Crippen molar-refractivity contribution in [1.29, 1.82) is 0 Å². The van der Waals surface area contributed by atoms with E-state index in [9.17, 15) is 19.2 Å². The topological polar surface area (TPSA) is 149 Å². The smallest absolute Gasteiger partial charge is 0.316 e. The molecule has 4 rings (SSSR count). The number of aliphatic imine (C=N–C) groups is 1. The van der Waals surface area contributed by atoms with Crippen LogP contribution in [0, 0.1) is 0 Å². The van der Waals surface area contributed by atoms with Gasteiger partial charge in [0.2, 0.25) is 17.8 Å². The summed E-state index contributed by atoms with van der Waals surface area (Å²) in [6, 6.07) is 13.9. The fraction of sp³-hybridized carbons (Fsp3) is 0.370. The molecule has 5 N–H and O–H groups in total. The SMILES string of the molecule is NC(=O)Nc1cccc(NC(=NC2CCCCN(CC(=O)N3CCCC3)C2=O)NC(=O)c2ccccc2)c1. The molecule has 0 spiro atoms. The van der Waals surface area contributed by atoms with E-state index in [2.05, 4.69) is 20.9 Å². The van der Waals surface area contributed by atoms with E-state index < -0.39 is 18.0 Å². The predicted octanol–water partition coefficient (Wildman–Crippen LogP) is 2.38. The number of hydrogen-bond acceptors (Lipinski definition) is 5. The molecule has 11 nitrogen and oxygen atoms in total. The van der Waals surface area contributed by atoms with Gasteiger partial charge >= 0.3 is 6.03 Å². The Kier molecular flexibility index (Phi) is 8.91. The number of nitrogens with two attached hydrogens (primary N) is 1. The van der Waals surface area contributed by atoms with Gasteiger partial charge in [-0.15, -0.1) is 0 Å². The van der Waals surface area contributed by atoms with E-state index in [1.807, 2.05) is 6.07 Å². The van der Waals surface area contributed by atoms with Crippen LogP contribution in [0.1, 0.15) is 42.5 Å². The largest absolute Gasteiger partial charge is 0.351 e. The molecule has 38 heavy (non-hydrogen) atoms. The van der Waals surface area contributed by atoms with Crippen molar-refractivity contribution in [2.24, 2.45) is 10.7 Å². The first kappa shape index (κ1) is 26.6. The fourth-order valence-corrected chi connectivity index (χ4v) is 4.57. The lowest BCUT2D eigenvalue weighted by atomic mass is 10.1. The second kappa shape index (κ2) is 12.7. The average molecular weight is 520 g/mol. The zero-order valence-electron chi connectivity index (χ0n) is 21.2. The van der Waals surface area contributed by atoms with E-state index in [1.165, 1.54) is 0 Å². The van der Waals surface area contributed by atoms with E-state index in [0.717, 1.165) is 38.8 Å². The normalized spacial score (nSPS) is 18.1. The van der Waals surface area contributed by atoms with Crippen LogP contribution in [-0.2, 0) is 9.59 Å². The van der Waals surface area contributed by atoms with Crippen LogP contribution < -0.4 is 21.7 Å². The van der Waals surface area contributed by atoms with Crippen LogP contribution in [0.4, 0.5) is 16.2 Å². The van der Waals surface area contributed by atoms with Gasteiger partial charge in [-0.05, 0) is 62.4 Å². The monoisotopic (exact) mass is 519 g/mol. The van der Waals surface area contributed by atoms with Gasteiger partial charge in [0.15, 0.2) is 0 Å². The molecule has 2 aromatic rings. The summed E-state index contributed by atoms with van der Waals surface area (Å²) in [5, 5.41) is 8.34. The maximum atomic E-state index is 13.5. The van der Waals surface area contributed by atoms with Crippen molar-refractivity contribution in [3.63, 3.8) is 0 Å². The summed E-state index contributed by atoms with van der Waals surface area (Å²) < 4.78 is 0. The zero-order valence-corrected chi connectivity index (χ0v) is 21.2. The number of nitrogens with zero attached hydrogens (tertiary/aromatic N) is 3. The number of benzene rings is 2. The number of hydrogen-bond donors (Lipinski definition) is 4. The molecule has 1 atom stereocenters. The summed E-state index contributed by atoms with van der Waals surface area (Å²) >= 11 is 0. The maximum Gasteiger partial charge on any atom is 0.316 e. The molecule has 0 radical (unpaired) electrons. The summed E-state index contributed by atoms with van der Waals surface area (Å²) in [5.41, 5.74) is 6.62. The van der Waals surface area contributed by atoms with Crippen molar-refractivity contribution in [3.8, 4) is 0 Å². The summed E-state index contributed by atoms with van der Waals surface area (Å²) in [6.07, 6.45) is 3.98. The molecule has 0 bridgehead atoms.